The number of hydrogen-bond donors (Lipinski definition) is 1. The van der Waals surface area contributed by atoms with E-state index >= 15 is 0 Å². The molecule has 30 heavy (non-hydrogen) atoms. The van der Waals surface area contributed by atoms with Gasteiger partial charge in [-0.05, 0) is 48.0 Å². The summed E-state index contributed by atoms with van der Waals surface area (Å²) in [7, 11) is 2.04. The van der Waals surface area contributed by atoms with Crippen molar-refractivity contribution >= 4 is 33.4 Å². The highest BCUT2D eigenvalue weighted by Crippen LogP contribution is 2.55. The number of non-ortho nitro benzene ring substituents is 1. The van der Waals surface area contributed by atoms with Crippen LogP contribution < -0.4 is 4.90 Å². The second-order valence-electron chi connectivity index (χ2n) is 8.00. The zero-order chi connectivity index (χ0) is 21.7. The number of aromatic nitrogens is 1. The first-order chi connectivity index (χ1) is 14.2. The van der Waals surface area contributed by atoms with Crippen LogP contribution in [0, 0.1) is 10.1 Å². The number of hydrogen-bond acceptors (Lipinski definition) is 4. The zero-order valence-corrected chi connectivity index (χ0v) is 18.5. The van der Waals surface area contributed by atoms with Crippen molar-refractivity contribution in [3.05, 3.63) is 92.7 Å². The van der Waals surface area contributed by atoms with Crippen molar-refractivity contribution in [1.29, 1.82) is 0 Å². The molecule has 0 saturated carbocycles. The summed E-state index contributed by atoms with van der Waals surface area (Å²) in [6.07, 6.45) is 7.80. The topological polar surface area (TPSA) is 71.5 Å². The van der Waals surface area contributed by atoms with Gasteiger partial charge in [-0.1, -0.05) is 35.9 Å². The molecule has 0 saturated heterocycles. The quantitative estimate of drug-likeness (QED) is 0.396. The van der Waals surface area contributed by atoms with Gasteiger partial charge in [-0.15, -0.1) is 0 Å². The Balaban J connectivity index is 1.92. The molecule has 0 radical (unpaired) electrons. The number of benzene rings is 2. The number of anilines is 1. The molecule has 0 fully saturated rings. The molecule has 154 valence electrons. The molecule has 1 aromatic heterocycles. The van der Waals surface area contributed by atoms with Crippen LogP contribution >= 0.6 is 15.9 Å². The number of likely N-dealkylation sites (N-methyl/N-ethyl adjacent to an activating group) is 1. The Morgan fingerprint density at radius 1 is 1.13 bits per heavy atom. The Morgan fingerprint density at radius 2 is 1.83 bits per heavy atom. The van der Waals surface area contributed by atoms with Crippen molar-refractivity contribution in [1.82, 2.24) is 4.57 Å². The Morgan fingerprint density at radius 3 is 2.50 bits per heavy atom. The number of phenolic OH excluding ortho intramolecular Hbond substituents is 1. The van der Waals surface area contributed by atoms with Crippen LogP contribution in [0.5, 0.6) is 5.75 Å². The van der Waals surface area contributed by atoms with Gasteiger partial charge in [0.15, 0.2) is 0 Å². The molecule has 0 amide bonds. The molecule has 0 bridgehead atoms. The lowest BCUT2D eigenvalue weighted by molar-refractivity contribution is -0.384. The molecule has 1 unspecified atom stereocenters. The van der Waals surface area contributed by atoms with Crippen molar-refractivity contribution in [3.8, 4) is 5.75 Å². The van der Waals surface area contributed by atoms with Crippen molar-refractivity contribution in [3.63, 3.8) is 0 Å². The summed E-state index contributed by atoms with van der Waals surface area (Å²) in [6.45, 7) is 4.36. The maximum absolute atomic E-state index is 11.2. The van der Waals surface area contributed by atoms with E-state index in [-0.39, 0.29) is 16.9 Å². The average molecular weight is 468 g/mol. The van der Waals surface area contributed by atoms with Crippen LogP contribution in [0.2, 0.25) is 0 Å². The summed E-state index contributed by atoms with van der Waals surface area (Å²) < 4.78 is 3.14. The van der Waals surface area contributed by atoms with Crippen LogP contribution in [-0.4, -0.2) is 21.6 Å². The van der Waals surface area contributed by atoms with Gasteiger partial charge in [0.05, 0.1) is 4.92 Å². The van der Waals surface area contributed by atoms with E-state index < -0.39 is 10.6 Å². The predicted molar refractivity (Wildman–Crippen MR) is 122 cm³/mol. The fourth-order valence-electron chi connectivity index (χ4n) is 4.56. The van der Waals surface area contributed by atoms with Crippen LogP contribution in [0.1, 0.15) is 25.0 Å². The largest absolute Gasteiger partial charge is 0.507 e. The SMILES string of the molecule is CN1c2ccc(Br)cc2C(C)(C)C1(/C=C/c1cc([N+](=O)[O-])ccc1O)n1cccc1. The lowest BCUT2D eigenvalue weighted by atomic mass is 9.75. The fraction of sp³-hybridized carbons (Fsp3) is 0.217. The Bertz CT molecular complexity index is 1150. The number of phenols is 1. The number of nitrogens with zero attached hydrogens (tertiary/aromatic N) is 3. The molecule has 1 aliphatic heterocycles. The minimum absolute atomic E-state index is 0.00165. The summed E-state index contributed by atoms with van der Waals surface area (Å²) in [5.74, 6) is -0.00165. The van der Waals surface area contributed by atoms with Crippen LogP contribution in [0.4, 0.5) is 11.4 Å². The highest BCUT2D eigenvalue weighted by Gasteiger charge is 2.55. The first-order valence-corrected chi connectivity index (χ1v) is 10.3. The molecule has 1 atom stereocenters. The number of nitro groups is 1. The molecule has 1 aliphatic rings. The van der Waals surface area contributed by atoms with E-state index in [0.29, 0.717) is 5.56 Å². The third-order valence-corrected chi connectivity index (χ3v) is 6.63. The van der Waals surface area contributed by atoms with Crippen molar-refractivity contribution in [2.45, 2.75) is 24.9 Å². The molecular weight excluding hydrogens is 446 g/mol. The first kappa shape index (κ1) is 20.2. The minimum Gasteiger partial charge on any atom is -0.507 e. The van der Waals surface area contributed by atoms with Crippen molar-refractivity contribution in [2.75, 3.05) is 11.9 Å². The second kappa shape index (κ2) is 7.02. The molecule has 7 heteroatoms. The summed E-state index contributed by atoms with van der Waals surface area (Å²) in [6, 6.07) is 14.2. The molecule has 3 aromatic rings. The first-order valence-electron chi connectivity index (χ1n) is 9.52. The van der Waals surface area contributed by atoms with E-state index in [9.17, 15) is 15.2 Å². The smallest absolute Gasteiger partial charge is 0.270 e. The molecule has 1 N–H and O–H groups in total. The van der Waals surface area contributed by atoms with Crippen LogP contribution in [0.25, 0.3) is 6.08 Å². The van der Waals surface area contributed by atoms with Gasteiger partial charge in [-0.25, -0.2) is 0 Å². The number of halogens is 1. The molecule has 2 heterocycles. The normalized spacial score (nSPS) is 19.9. The van der Waals surface area contributed by atoms with E-state index in [1.165, 1.54) is 23.8 Å². The fourth-order valence-corrected chi connectivity index (χ4v) is 4.92. The maximum atomic E-state index is 11.2. The van der Waals surface area contributed by atoms with Gasteiger partial charge in [0.1, 0.15) is 11.4 Å². The van der Waals surface area contributed by atoms with Gasteiger partial charge in [-0.3, -0.25) is 10.1 Å². The lowest BCUT2D eigenvalue weighted by Crippen LogP contribution is -2.54. The van der Waals surface area contributed by atoms with E-state index in [1.54, 1.807) is 6.08 Å². The van der Waals surface area contributed by atoms with E-state index in [4.69, 9.17) is 0 Å². The Hall–Kier alpha value is -3.06. The van der Waals surface area contributed by atoms with Crippen LogP contribution in [-0.2, 0) is 11.1 Å². The molecule has 0 aliphatic carbocycles. The minimum atomic E-state index is -0.628. The van der Waals surface area contributed by atoms with Crippen molar-refractivity contribution < 1.29 is 10.0 Å². The zero-order valence-electron chi connectivity index (χ0n) is 16.9. The van der Waals surface area contributed by atoms with Gasteiger partial charge in [0.25, 0.3) is 5.69 Å². The average Bonchev–Trinajstić information content (AvgIpc) is 3.28. The van der Waals surface area contributed by atoms with Crippen LogP contribution in [0.15, 0.2) is 71.5 Å². The Kier molecular flexibility index (Phi) is 4.73. The third-order valence-electron chi connectivity index (χ3n) is 6.14. The highest BCUT2D eigenvalue weighted by atomic mass is 79.9. The molecule has 4 rings (SSSR count). The second-order valence-corrected chi connectivity index (χ2v) is 8.91. The highest BCUT2D eigenvalue weighted by molar-refractivity contribution is 9.10. The van der Waals surface area contributed by atoms with E-state index in [1.807, 2.05) is 43.7 Å². The van der Waals surface area contributed by atoms with Crippen LogP contribution in [0.3, 0.4) is 0 Å². The molecule has 2 aromatic carbocycles. The lowest BCUT2D eigenvalue weighted by Gasteiger charge is -2.45. The molecular formula is C23H22BrN3O3. The number of aromatic hydroxyl groups is 1. The number of rotatable bonds is 4. The van der Waals surface area contributed by atoms with E-state index in [2.05, 4.69) is 51.4 Å². The molecule has 0 spiro atoms. The van der Waals surface area contributed by atoms with Gasteiger partial charge in [-0.2, -0.15) is 0 Å². The maximum Gasteiger partial charge on any atom is 0.270 e. The van der Waals surface area contributed by atoms with Gasteiger partial charge < -0.3 is 14.6 Å². The summed E-state index contributed by atoms with van der Waals surface area (Å²) >= 11 is 3.59. The Labute approximate surface area is 183 Å². The summed E-state index contributed by atoms with van der Waals surface area (Å²) in [5.41, 5.74) is 1.64. The van der Waals surface area contributed by atoms with Gasteiger partial charge in [0.2, 0.25) is 0 Å². The van der Waals surface area contributed by atoms with Crippen molar-refractivity contribution in [2.24, 2.45) is 0 Å². The number of fused-ring (bicyclic) bond motifs is 1. The summed E-state index contributed by atoms with van der Waals surface area (Å²) in [5, 5.41) is 21.5. The van der Waals surface area contributed by atoms with E-state index in [0.717, 1.165) is 10.2 Å². The molecule has 6 nitrogen and oxygen atoms in total. The van der Waals surface area contributed by atoms with Gasteiger partial charge >= 0.3 is 0 Å². The standard InChI is InChI=1S/C23H22BrN3O3/c1-22(2)19-15-17(24)6-8-20(19)25(3)23(22,26-12-4-5-13-26)11-10-16-14-18(27(29)30)7-9-21(16)28/h4-15,28H,1-3H3/b11-10+. The predicted octanol–water partition coefficient (Wildman–Crippen LogP) is 5.66. The monoisotopic (exact) mass is 467 g/mol. The van der Waals surface area contributed by atoms with Gasteiger partial charge in [0, 0.05) is 52.7 Å². The summed E-state index contributed by atoms with van der Waals surface area (Å²) in [4.78, 5) is 12.9. The number of nitro benzene ring substituents is 1. The third kappa shape index (κ3) is 2.84.